The Hall–Kier alpha value is -2.19. The summed E-state index contributed by atoms with van der Waals surface area (Å²) >= 11 is 0. The number of piperidine rings is 1. The van der Waals surface area contributed by atoms with E-state index in [2.05, 4.69) is 20.9 Å². The van der Waals surface area contributed by atoms with Gasteiger partial charge in [0, 0.05) is 51.1 Å². The van der Waals surface area contributed by atoms with Crippen LogP contribution in [0.15, 0.2) is 18.2 Å². The zero-order valence-corrected chi connectivity index (χ0v) is 15.6. The molecular formula is C19H27FN4O3. The molecule has 0 aliphatic carbocycles. The molecule has 2 saturated heterocycles. The van der Waals surface area contributed by atoms with Crippen LogP contribution in [0.4, 0.5) is 14.9 Å². The van der Waals surface area contributed by atoms with Crippen LogP contribution in [0.2, 0.25) is 0 Å². The van der Waals surface area contributed by atoms with Crippen LogP contribution in [0.25, 0.3) is 0 Å². The minimum atomic E-state index is -0.624. The Bertz CT molecular complexity index is 671. The number of anilines is 1. The molecule has 1 aromatic carbocycles. The molecule has 2 fully saturated rings. The molecule has 148 valence electrons. The largest absolute Gasteiger partial charge is 0.381 e. The summed E-state index contributed by atoms with van der Waals surface area (Å²) in [5.41, 5.74) is 0.284. The standard InChI is InChI=1S/C19H27FN4O3/c1-21-18(25)16-12-14(2-3-17(16)20)23-19(26)22-13-4-8-24(9-5-13)15-6-10-27-11-7-15/h2-3,12-13,15H,4-11H2,1H3,(H,21,25)(H2,22,23,26). The number of urea groups is 1. The molecule has 2 heterocycles. The number of likely N-dealkylation sites (tertiary alicyclic amines) is 1. The van der Waals surface area contributed by atoms with Crippen LogP contribution in [0.5, 0.6) is 0 Å². The van der Waals surface area contributed by atoms with Crippen molar-refractivity contribution in [3.05, 3.63) is 29.6 Å². The molecule has 1 aromatic rings. The summed E-state index contributed by atoms with van der Waals surface area (Å²) in [6, 6.07) is 4.31. The van der Waals surface area contributed by atoms with E-state index in [1.807, 2.05) is 0 Å². The van der Waals surface area contributed by atoms with E-state index in [9.17, 15) is 14.0 Å². The van der Waals surface area contributed by atoms with Crippen molar-refractivity contribution < 1.29 is 18.7 Å². The van der Waals surface area contributed by atoms with Gasteiger partial charge < -0.3 is 25.6 Å². The molecule has 7 nitrogen and oxygen atoms in total. The third kappa shape index (κ3) is 5.17. The van der Waals surface area contributed by atoms with Crippen LogP contribution in [-0.2, 0) is 4.74 Å². The monoisotopic (exact) mass is 378 g/mol. The van der Waals surface area contributed by atoms with Crippen molar-refractivity contribution in [3.8, 4) is 0 Å². The molecule has 2 aliphatic rings. The van der Waals surface area contributed by atoms with Gasteiger partial charge in [-0.3, -0.25) is 4.79 Å². The average Bonchev–Trinajstić information content (AvgIpc) is 2.70. The summed E-state index contributed by atoms with van der Waals surface area (Å²) in [5.74, 6) is -1.15. The number of nitrogens with one attached hydrogen (secondary N) is 3. The molecular weight excluding hydrogens is 351 g/mol. The maximum Gasteiger partial charge on any atom is 0.319 e. The van der Waals surface area contributed by atoms with E-state index in [-0.39, 0.29) is 17.6 Å². The molecule has 0 saturated carbocycles. The van der Waals surface area contributed by atoms with Gasteiger partial charge in [-0.25, -0.2) is 9.18 Å². The van der Waals surface area contributed by atoms with Crippen molar-refractivity contribution in [3.63, 3.8) is 0 Å². The van der Waals surface area contributed by atoms with Crippen molar-refractivity contribution >= 4 is 17.6 Å². The first-order valence-corrected chi connectivity index (χ1v) is 9.47. The van der Waals surface area contributed by atoms with E-state index in [0.29, 0.717) is 11.7 Å². The average molecular weight is 378 g/mol. The summed E-state index contributed by atoms with van der Waals surface area (Å²) < 4.78 is 19.1. The Morgan fingerprint density at radius 2 is 1.85 bits per heavy atom. The molecule has 0 atom stereocenters. The highest BCUT2D eigenvalue weighted by Crippen LogP contribution is 2.20. The van der Waals surface area contributed by atoms with Gasteiger partial charge in [-0.2, -0.15) is 0 Å². The molecule has 2 aliphatic heterocycles. The Balaban J connectivity index is 1.48. The molecule has 3 rings (SSSR count). The zero-order chi connectivity index (χ0) is 19.2. The number of benzene rings is 1. The molecule has 0 spiro atoms. The van der Waals surface area contributed by atoms with Crippen LogP contribution in [0.3, 0.4) is 0 Å². The van der Waals surface area contributed by atoms with E-state index in [1.54, 1.807) is 0 Å². The molecule has 0 bridgehead atoms. The molecule has 3 amide bonds. The van der Waals surface area contributed by atoms with Crippen molar-refractivity contribution in [2.24, 2.45) is 0 Å². The summed E-state index contributed by atoms with van der Waals surface area (Å²) in [6.45, 7) is 3.60. The first-order chi connectivity index (χ1) is 13.1. The highest BCUT2D eigenvalue weighted by molar-refractivity contribution is 5.97. The first kappa shape index (κ1) is 19.6. The predicted molar refractivity (Wildman–Crippen MR) is 100 cm³/mol. The molecule has 27 heavy (non-hydrogen) atoms. The Labute approximate surface area is 158 Å². The fraction of sp³-hybridized carbons (Fsp3) is 0.579. The van der Waals surface area contributed by atoms with Gasteiger partial charge in [0.1, 0.15) is 5.82 Å². The van der Waals surface area contributed by atoms with Crippen molar-refractivity contribution in [2.75, 3.05) is 38.7 Å². The zero-order valence-electron chi connectivity index (χ0n) is 15.6. The fourth-order valence-electron chi connectivity index (χ4n) is 3.72. The summed E-state index contributed by atoms with van der Waals surface area (Å²) in [5, 5.41) is 8.04. The van der Waals surface area contributed by atoms with Crippen molar-refractivity contribution in [2.45, 2.75) is 37.8 Å². The van der Waals surface area contributed by atoms with E-state index < -0.39 is 11.7 Å². The maximum atomic E-state index is 13.7. The topological polar surface area (TPSA) is 82.7 Å². The number of carbonyl (C=O) groups excluding carboxylic acids is 2. The van der Waals surface area contributed by atoms with Gasteiger partial charge in [0.2, 0.25) is 0 Å². The lowest BCUT2D eigenvalue weighted by Crippen LogP contribution is -2.49. The normalized spacial score (nSPS) is 19.5. The Morgan fingerprint density at radius 3 is 2.52 bits per heavy atom. The fourth-order valence-corrected chi connectivity index (χ4v) is 3.72. The number of ether oxygens (including phenoxy) is 1. The lowest BCUT2D eigenvalue weighted by molar-refractivity contribution is 0.0244. The number of halogens is 1. The minimum absolute atomic E-state index is 0.0972. The Kier molecular flexibility index (Phi) is 6.63. The number of rotatable bonds is 4. The summed E-state index contributed by atoms with van der Waals surface area (Å²) in [6.07, 6.45) is 3.96. The maximum absolute atomic E-state index is 13.7. The van der Waals surface area contributed by atoms with Gasteiger partial charge in [0.25, 0.3) is 5.91 Å². The minimum Gasteiger partial charge on any atom is -0.381 e. The lowest BCUT2D eigenvalue weighted by atomic mass is 10.00. The van der Waals surface area contributed by atoms with Crippen molar-refractivity contribution in [1.29, 1.82) is 0 Å². The second-order valence-corrected chi connectivity index (χ2v) is 7.03. The van der Waals surface area contributed by atoms with Gasteiger partial charge in [-0.1, -0.05) is 0 Å². The third-order valence-corrected chi connectivity index (χ3v) is 5.27. The van der Waals surface area contributed by atoms with Crippen LogP contribution in [0.1, 0.15) is 36.0 Å². The van der Waals surface area contributed by atoms with Gasteiger partial charge in [0.15, 0.2) is 0 Å². The quantitative estimate of drug-likeness (QED) is 0.748. The number of carbonyl (C=O) groups is 2. The SMILES string of the molecule is CNC(=O)c1cc(NC(=O)NC2CCN(C3CCOCC3)CC2)ccc1F. The van der Waals surface area contributed by atoms with Gasteiger partial charge in [0.05, 0.1) is 5.56 Å². The van der Waals surface area contributed by atoms with Crippen LogP contribution in [-0.4, -0.2) is 62.3 Å². The second kappa shape index (κ2) is 9.14. The summed E-state index contributed by atoms with van der Waals surface area (Å²) in [7, 11) is 1.43. The molecule has 0 radical (unpaired) electrons. The van der Waals surface area contributed by atoms with Crippen LogP contribution in [0, 0.1) is 5.82 Å². The van der Waals surface area contributed by atoms with E-state index in [0.717, 1.165) is 52.0 Å². The highest BCUT2D eigenvalue weighted by atomic mass is 19.1. The van der Waals surface area contributed by atoms with Gasteiger partial charge in [-0.05, 0) is 43.9 Å². The highest BCUT2D eigenvalue weighted by Gasteiger charge is 2.27. The van der Waals surface area contributed by atoms with E-state index in [1.165, 1.54) is 25.2 Å². The lowest BCUT2D eigenvalue weighted by Gasteiger charge is -2.39. The van der Waals surface area contributed by atoms with Crippen LogP contribution >= 0.6 is 0 Å². The van der Waals surface area contributed by atoms with Crippen molar-refractivity contribution in [1.82, 2.24) is 15.5 Å². The van der Waals surface area contributed by atoms with Crippen LogP contribution < -0.4 is 16.0 Å². The van der Waals surface area contributed by atoms with E-state index >= 15 is 0 Å². The number of hydrogen-bond donors (Lipinski definition) is 3. The second-order valence-electron chi connectivity index (χ2n) is 7.03. The van der Waals surface area contributed by atoms with E-state index in [4.69, 9.17) is 4.74 Å². The molecule has 3 N–H and O–H groups in total. The number of hydrogen-bond acceptors (Lipinski definition) is 4. The molecule has 0 aromatic heterocycles. The number of amides is 3. The third-order valence-electron chi connectivity index (χ3n) is 5.27. The molecule has 0 unspecified atom stereocenters. The van der Waals surface area contributed by atoms with Gasteiger partial charge in [-0.15, -0.1) is 0 Å². The number of nitrogens with zero attached hydrogens (tertiary/aromatic N) is 1. The van der Waals surface area contributed by atoms with Gasteiger partial charge >= 0.3 is 6.03 Å². The molecule has 8 heteroatoms. The summed E-state index contributed by atoms with van der Waals surface area (Å²) in [4.78, 5) is 26.4. The Morgan fingerprint density at radius 1 is 1.15 bits per heavy atom. The smallest absolute Gasteiger partial charge is 0.319 e. The predicted octanol–water partition coefficient (Wildman–Crippen LogP) is 1.95. The first-order valence-electron chi connectivity index (χ1n) is 9.47.